The van der Waals surface area contributed by atoms with Crippen molar-refractivity contribution in [3.05, 3.63) is 63.1 Å². The van der Waals surface area contributed by atoms with Gasteiger partial charge in [-0.3, -0.25) is 0 Å². The van der Waals surface area contributed by atoms with Gasteiger partial charge in [0.05, 0.1) is 7.11 Å². The van der Waals surface area contributed by atoms with Gasteiger partial charge < -0.3 is 10.1 Å². The fourth-order valence-electron chi connectivity index (χ4n) is 2.59. The van der Waals surface area contributed by atoms with Crippen LogP contribution in [0.15, 0.2) is 40.9 Å². The average molecular weight is 348 g/mol. The molecule has 0 spiro atoms. The van der Waals surface area contributed by atoms with Crippen LogP contribution in [0.1, 0.15) is 28.3 Å². The highest BCUT2D eigenvalue weighted by atomic mass is 79.9. The molecule has 1 atom stereocenters. The highest BCUT2D eigenvalue weighted by Gasteiger charge is 2.16. The third-order valence-corrected chi connectivity index (χ3v) is 4.34. The molecule has 2 nitrogen and oxygen atoms in total. The monoisotopic (exact) mass is 347 g/mol. The molecule has 0 aliphatic carbocycles. The van der Waals surface area contributed by atoms with Crippen molar-refractivity contribution in [1.82, 2.24) is 5.32 Å². The van der Waals surface area contributed by atoms with E-state index >= 15 is 0 Å². The van der Waals surface area contributed by atoms with Gasteiger partial charge in [-0.15, -0.1) is 0 Å². The zero-order chi connectivity index (χ0) is 15.4. The zero-order valence-electron chi connectivity index (χ0n) is 13.0. The number of ether oxygens (including phenoxy) is 1. The summed E-state index contributed by atoms with van der Waals surface area (Å²) in [5, 5.41) is 3.41. The average Bonchev–Trinajstić information content (AvgIpc) is 2.48. The molecule has 0 aliphatic heterocycles. The Morgan fingerprint density at radius 2 is 1.90 bits per heavy atom. The standard InChI is InChI=1S/C18H22BrNO/c1-12-5-6-13(2)14(9-12)10-17(20-3)16-11-15(19)7-8-18(16)21-4/h5-9,11,17,20H,10H2,1-4H3. The van der Waals surface area contributed by atoms with Crippen LogP contribution in [0, 0.1) is 13.8 Å². The second-order valence-corrected chi connectivity index (χ2v) is 6.28. The minimum absolute atomic E-state index is 0.220. The molecular weight excluding hydrogens is 326 g/mol. The van der Waals surface area contributed by atoms with Crippen LogP contribution in [0.25, 0.3) is 0 Å². The molecule has 21 heavy (non-hydrogen) atoms. The van der Waals surface area contributed by atoms with E-state index < -0.39 is 0 Å². The van der Waals surface area contributed by atoms with Gasteiger partial charge in [0.1, 0.15) is 5.75 Å². The number of hydrogen-bond acceptors (Lipinski definition) is 2. The summed E-state index contributed by atoms with van der Waals surface area (Å²) >= 11 is 3.55. The Morgan fingerprint density at radius 1 is 1.14 bits per heavy atom. The Kier molecular flexibility index (Phi) is 5.43. The fourth-order valence-corrected chi connectivity index (χ4v) is 2.96. The van der Waals surface area contributed by atoms with Crippen molar-refractivity contribution in [2.75, 3.05) is 14.2 Å². The lowest BCUT2D eigenvalue weighted by Gasteiger charge is -2.21. The quantitative estimate of drug-likeness (QED) is 0.854. The summed E-state index contributed by atoms with van der Waals surface area (Å²) in [4.78, 5) is 0. The van der Waals surface area contributed by atoms with Crippen molar-refractivity contribution in [2.45, 2.75) is 26.3 Å². The summed E-state index contributed by atoms with van der Waals surface area (Å²) < 4.78 is 6.58. The maximum atomic E-state index is 5.51. The Hall–Kier alpha value is -1.32. The van der Waals surface area contributed by atoms with E-state index in [0.717, 1.165) is 16.6 Å². The lowest BCUT2D eigenvalue weighted by Crippen LogP contribution is -2.20. The van der Waals surface area contributed by atoms with Gasteiger partial charge in [0.15, 0.2) is 0 Å². The molecule has 112 valence electrons. The summed E-state index contributed by atoms with van der Waals surface area (Å²) in [5.41, 5.74) is 5.17. The molecule has 2 aromatic carbocycles. The van der Waals surface area contributed by atoms with E-state index in [-0.39, 0.29) is 6.04 Å². The van der Waals surface area contributed by atoms with E-state index in [1.165, 1.54) is 22.3 Å². The minimum Gasteiger partial charge on any atom is -0.496 e. The highest BCUT2D eigenvalue weighted by molar-refractivity contribution is 9.10. The van der Waals surface area contributed by atoms with Gasteiger partial charge >= 0.3 is 0 Å². The van der Waals surface area contributed by atoms with E-state index in [1.54, 1.807) is 7.11 Å². The van der Waals surface area contributed by atoms with Crippen molar-refractivity contribution in [3.8, 4) is 5.75 Å². The van der Waals surface area contributed by atoms with Crippen LogP contribution < -0.4 is 10.1 Å². The fraction of sp³-hybridized carbons (Fsp3) is 0.333. The first-order valence-electron chi connectivity index (χ1n) is 7.12. The van der Waals surface area contributed by atoms with Crippen molar-refractivity contribution < 1.29 is 4.74 Å². The largest absolute Gasteiger partial charge is 0.496 e. The van der Waals surface area contributed by atoms with Crippen LogP contribution in [0.2, 0.25) is 0 Å². The maximum absolute atomic E-state index is 5.51. The van der Waals surface area contributed by atoms with Crippen molar-refractivity contribution in [1.29, 1.82) is 0 Å². The molecular formula is C18H22BrNO. The normalized spacial score (nSPS) is 12.2. The molecule has 0 fully saturated rings. The molecule has 1 N–H and O–H groups in total. The Balaban J connectivity index is 2.36. The van der Waals surface area contributed by atoms with Gasteiger partial charge in [-0.05, 0) is 56.6 Å². The van der Waals surface area contributed by atoms with Gasteiger partial charge in [0.25, 0.3) is 0 Å². The topological polar surface area (TPSA) is 21.3 Å². The number of hydrogen-bond donors (Lipinski definition) is 1. The van der Waals surface area contributed by atoms with E-state index in [9.17, 15) is 0 Å². The zero-order valence-corrected chi connectivity index (χ0v) is 14.6. The molecule has 1 unspecified atom stereocenters. The maximum Gasteiger partial charge on any atom is 0.123 e. The van der Waals surface area contributed by atoms with E-state index in [4.69, 9.17) is 4.74 Å². The lowest BCUT2D eigenvalue weighted by molar-refractivity contribution is 0.401. The lowest BCUT2D eigenvalue weighted by atomic mass is 9.94. The van der Waals surface area contributed by atoms with Gasteiger partial charge in [-0.25, -0.2) is 0 Å². The molecule has 3 heteroatoms. The van der Waals surface area contributed by atoms with Crippen LogP contribution in [0.3, 0.4) is 0 Å². The van der Waals surface area contributed by atoms with E-state index in [1.807, 2.05) is 19.2 Å². The van der Waals surface area contributed by atoms with Crippen LogP contribution in [-0.2, 0) is 6.42 Å². The molecule has 2 rings (SSSR count). The summed E-state index contributed by atoms with van der Waals surface area (Å²) in [6.07, 6.45) is 0.941. The van der Waals surface area contributed by atoms with E-state index in [2.05, 4.69) is 59.4 Å². The second-order valence-electron chi connectivity index (χ2n) is 5.36. The third kappa shape index (κ3) is 3.86. The first-order valence-corrected chi connectivity index (χ1v) is 7.91. The van der Waals surface area contributed by atoms with Crippen LogP contribution in [0.4, 0.5) is 0 Å². The van der Waals surface area contributed by atoms with Crippen molar-refractivity contribution >= 4 is 15.9 Å². The van der Waals surface area contributed by atoms with Crippen LogP contribution in [-0.4, -0.2) is 14.2 Å². The number of halogens is 1. The van der Waals surface area contributed by atoms with E-state index in [0.29, 0.717) is 0 Å². The van der Waals surface area contributed by atoms with Gasteiger partial charge in [-0.2, -0.15) is 0 Å². The number of likely N-dealkylation sites (N-methyl/N-ethyl adjacent to an activating group) is 1. The van der Waals surface area contributed by atoms with Crippen LogP contribution in [0.5, 0.6) is 5.75 Å². The minimum atomic E-state index is 0.220. The number of aryl methyl sites for hydroxylation is 2. The van der Waals surface area contributed by atoms with Gasteiger partial charge in [0.2, 0.25) is 0 Å². The number of nitrogens with one attached hydrogen (secondary N) is 1. The Morgan fingerprint density at radius 3 is 2.57 bits per heavy atom. The highest BCUT2D eigenvalue weighted by Crippen LogP contribution is 2.31. The summed E-state index contributed by atoms with van der Waals surface area (Å²) in [6.45, 7) is 4.30. The van der Waals surface area contributed by atoms with Crippen molar-refractivity contribution in [3.63, 3.8) is 0 Å². The summed E-state index contributed by atoms with van der Waals surface area (Å²) in [6, 6.07) is 13.0. The summed E-state index contributed by atoms with van der Waals surface area (Å²) in [5.74, 6) is 0.919. The third-order valence-electron chi connectivity index (χ3n) is 3.84. The molecule has 0 bridgehead atoms. The van der Waals surface area contributed by atoms with Gasteiger partial charge in [0, 0.05) is 16.1 Å². The molecule has 2 aromatic rings. The molecule has 0 heterocycles. The number of methoxy groups -OCH3 is 1. The number of benzene rings is 2. The SMILES string of the molecule is CNC(Cc1cc(C)ccc1C)c1cc(Br)ccc1OC. The molecule has 0 radical (unpaired) electrons. The second kappa shape index (κ2) is 7.10. The molecule has 0 saturated heterocycles. The summed E-state index contributed by atoms with van der Waals surface area (Å²) in [7, 11) is 3.72. The Bertz CT molecular complexity index is 625. The predicted octanol–water partition coefficient (Wildman–Crippen LogP) is 4.58. The smallest absolute Gasteiger partial charge is 0.123 e. The molecule has 0 saturated carbocycles. The Labute approximate surface area is 135 Å². The molecule has 0 amide bonds. The van der Waals surface area contributed by atoms with Gasteiger partial charge in [-0.1, -0.05) is 39.7 Å². The van der Waals surface area contributed by atoms with Crippen molar-refractivity contribution in [2.24, 2.45) is 0 Å². The first kappa shape index (κ1) is 16.1. The molecule has 0 aromatic heterocycles. The number of rotatable bonds is 5. The molecule has 0 aliphatic rings. The predicted molar refractivity (Wildman–Crippen MR) is 92.1 cm³/mol. The first-order chi connectivity index (χ1) is 10.0. The van der Waals surface area contributed by atoms with Crippen LogP contribution >= 0.6 is 15.9 Å².